The number of aromatic nitrogens is 2. The molecule has 0 radical (unpaired) electrons. The van der Waals surface area contributed by atoms with Crippen LogP contribution in [0.5, 0.6) is 0 Å². The summed E-state index contributed by atoms with van der Waals surface area (Å²) >= 11 is 3.43. The van der Waals surface area contributed by atoms with E-state index in [-0.39, 0.29) is 5.91 Å². The molecule has 2 saturated heterocycles. The van der Waals surface area contributed by atoms with Crippen LogP contribution in [0.4, 0.5) is 15.8 Å². The van der Waals surface area contributed by atoms with Crippen molar-refractivity contribution in [2.75, 3.05) is 24.5 Å². The SMILES string of the molecule is [C-]#[N+]c1cc(F)ccc1N1CCC(CNC(=O)[C@@H]2OC(C)(C)O[C@H]2c2ncc(Br)n2C)CC1. The normalized spacial score (nSPS) is 22.8. The molecule has 1 N–H and O–H groups in total. The zero-order valence-electron chi connectivity index (χ0n) is 18.8. The van der Waals surface area contributed by atoms with Gasteiger partial charge in [-0.1, -0.05) is 0 Å². The number of anilines is 1. The molecule has 0 spiro atoms. The summed E-state index contributed by atoms with van der Waals surface area (Å²) in [4.78, 5) is 23.0. The maximum absolute atomic E-state index is 13.4. The second-order valence-corrected chi connectivity index (χ2v) is 9.71. The number of piperidine rings is 1. The number of ether oxygens (including phenoxy) is 2. The number of halogens is 2. The molecular formula is C23H27BrFN5O3. The van der Waals surface area contributed by atoms with Crippen molar-refractivity contribution in [1.82, 2.24) is 14.9 Å². The van der Waals surface area contributed by atoms with Crippen molar-refractivity contribution in [2.45, 2.75) is 44.7 Å². The van der Waals surface area contributed by atoms with Crippen molar-refractivity contribution in [2.24, 2.45) is 13.0 Å². The molecule has 176 valence electrons. The summed E-state index contributed by atoms with van der Waals surface area (Å²) in [7, 11) is 1.85. The monoisotopic (exact) mass is 519 g/mol. The van der Waals surface area contributed by atoms with Crippen LogP contribution in [0, 0.1) is 18.3 Å². The van der Waals surface area contributed by atoms with E-state index in [0.29, 0.717) is 24.0 Å². The fraction of sp³-hybridized carbons (Fsp3) is 0.522. The summed E-state index contributed by atoms with van der Waals surface area (Å²) in [6.07, 6.45) is 1.99. The summed E-state index contributed by atoms with van der Waals surface area (Å²) in [5.74, 6) is -0.596. The first-order valence-corrected chi connectivity index (χ1v) is 11.7. The van der Waals surface area contributed by atoms with Crippen molar-refractivity contribution in [1.29, 1.82) is 0 Å². The number of imidazole rings is 1. The molecule has 2 atom stereocenters. The van der Waals surface area contributed by atoms with Crippen LogP contribution in [0.2, 0.25) is 0 Å². The van der Waals surface area contributed by atoms with Gasteiger partial charge in [-0.05, 0) is 66.7 Å². The molecule has 3 heterocycles. The predicted molar refractivity (Wildman–Crippen MR) is 124 cm³/mol. The zero-order chi connectivity index (χ0) is 23.8. The summed E-state index contributed by atoms with van der Waals surface area (Å²) in [5.41, 5.74) is 1.09. The van der Waals surface area contributed by atoms with Gasteiger partial charge >= 0.3 is 0 Å². The number of hydrogen-bond acceptors (Lipinski definition) is 5. The van der Waals surface area contributed by atoms with Crippen LogP contribution < -0.4 is 10.2 Å². The van der Waals surface area contributed by atoms with Gasteiger partial charge in [0.1, 0.15) is 16.2 Å². The first-order valence-electron chi connectivity index (χ1n) is 10.9. The average molecular weight is 520 g/mol. The number of nitrogens with zero attached hydrogens (tertiary/aromatic N) is 4. The van der Waals surface area contributed by atoms with Gasteiger partial charge < -0.3 is 24.3 Å². The molecule has 2 aromatic rings. The van der Waals surface area contributed by atoms with Crippen LogP contribution >= 0.6 is 15.9 Å². The van der Waals surface area contributed by atoms with Crippen LogP contribution in [0.25, 0.3) is 4.85 Å². The maximum Gasteiger partial charge on any atom is 0.252 e. The summed E-state index contributed by atoms with van der Waals surface area (Å²) in [6, 6.07) is 4.33. The molecule has 0 aliphatic carbocycles. The lowest BCUT2D eigenvalue weighted by Crippen LogP contribution is -2.43. The molecule has 2 aliphatic rings. The quantitative estimate of drug-likeness (QED) is 0.602. The van der Waals surface area contributed by atoms with Crippen molar-refractivity contribution in [3.05, 3.63) is 52.1 Å². The second kappa shape index (κ2) is 9.41. The van der Waals surface area contributed by atoms with Crippen molar-refractivity contribution < 1.29 is 18.7 Å². The Morgan fingerprint density at radius 3 is 2.73 bits per heavy atom. The van der Waals surface area contributed by atoms with E-state index in [1.165, 1.54) is 12.1 Å². The molecule has 10 heteroatoms. The summed E-state index contributed by atoms with van der Waals surface area (Å²) in [5, 5.41) is 3.03. The van der Waals surface area contributed by atoms with Crippen LogP contribution in [0.15, 0.2) is 29.0 Å². The molecular weight excluding hydrogens is 493 g/mol. The van der Waals surface area contributed by atoms with Crippen molar-refractivity contribution in [3.8, 4) is 0 Å². The lowest BCUT2D eigenvalue weighted by atomic mass is 9.96. The van der Waals surface area contributed by atoms with Crippen LogP contribution in [-0.4, -0.2) is 47.0 Å². The predicted octanol–water partition coefficient (Wildman–Crippen LogP) is 4.10. The van der Waals surface area contributed by atoms with Gasteiger partial charge in [0.2, 0.25) is 5.69 Å². The number of benzene rings is 1. The van der Waals surface area contributed by atoms with E-state index >= 15 is 0 Å². The standard InChI is InChI=1S/C23H27BrFN5O3/c1-23(2)32-19(21-27-13-18(24)29(21)4)20(33-23)22(31)28-12-14-7-9-30(10-8-14)17-6-5-15(25)11-16(17)26-3/h5-6,11,13-14,19-20H,7-10,12H2,1-2,4H3,(H,28,31)/t19-,20-/m1/s1. The van der Waals surface area contributed by atoms with Crippen LogP contribution in [0.3, 0.4) is 0 Å². The van der Waals surface area contributed by atoms with E-state index in [4.69, 9.17) is 16.0 Å². The van der Waals surface area contributed by atoms with Crippen LogP contribution in [0.1, 0.15) is 38.6 Å². The van der Waals surface area contributed by atoms with Gasteiger partial charge in [-0.2, -0.15) is 0 Å². The van der Waals surface area contributed by atoms with E-state index in [9.17, 15) is 9.18 Å². The van der Waals surface area contributed by atoms with Crippen molar-refractivity contribution in [3.63, 3.8) is 0 Å². The number of carbonyl (C=O) groups excluding carboxylic acids is 1. The second-order valence-electron chi connectivity index (χ2n) is 8.90. The third-order valence-corrected chi connectivity index (χ3v) is 6.89. The van der Waals surface area contributed by atoms with Gasteiger partial charge in [-0.25, -0.2) is 14.2 Å². The highest BCUT2D eigenvalue weighted by atomic mass is 79.9. The van der Waals surface area contributed by atoms with Crippen molar-refractivity contribution >= 4 is 33.2 Å². The summed E-state index contributed by atoms with van der Waals surface area (Å²) in [6.45, 7) is 12.9. The molecule has 0 unspecified atom stereocenters. The number of rotatable bonds is 5. The first-order chi connectivity index (χ1) is 15.7. The molecule has 4 rings (SSSR count). The molecule has 0 bridgehead atoms. The molecule has 8 nitrogen and oxygen atoms in total. The Morgan fingerprint density at radius 2 is 2.09 bits per heavy atom. The number of nitrogens with one attached hydrogen (secondary N) is 1. The Hall–Kier alpha value is -2.48. The fourth-order valence-corrected chi connectivity index (χ4v) is 4.67. The topological polar surface area (TPSA) is 73.0 Å². The number of carbonyl (C=O) groups is 1. The lowest BCUT2D eigenvalue weighted by molar-refractivity contribution is -0.156. The average Bonchev–Trinajstić information content (AvgIpc) is 3.30. The molecule has 2 aliphatic heterocycles. The minimum atomic E-state index is -0.897. The van der Waals surface area contributed by atoms with Gasteiger partial charge in [-0.3, -0.25) is 4.79 Å². The molecule has 2 fully saturated rings. The fourth-order valence-electron chi connectivity index (χ4n) is 4.39. The molecule has 1 amide bonds. The molecule has 33 heavy (non-hydrogen) atoms. The number of amides is 1. The maximum atomic E-state index is 13.4. The largest absolute Gasteiger partial charge is 0.380 e. The minimum absolute atomic E-state index is 0.221. The van der Waals surface area contributed by atoms with E-state index in [1.54, 1.807) is 26.1 Å². The molecule has 1 aromatic heterocycles. The Morgan fingerprint density at radius 1 is 1.36 bits per heavy atom. The van der Waals surface area contributed by atoms with E-state index in [1.807, 2.05) is 11.6 Å². The Balaban J connectivity index is 1.35. The van der Waals surface area contributed by atoms with Gasteiger partial charge in [0, 0.05) is 32.4 Å². The van der Waals surface area contributed by atoms with Gasteiger partial charge in [0.15, 0.2) is 18.0 Å². The number of hydrogen-bond donors (Lipinski definition) is 1. The summed E-state index contributed by atoms with van der Waals surface area (Å²) < 4.78 is 28.0. The Bertz CT molecular complexity index is 1070. The smallest absolute Gasteiger partial charge is 0.252 e. The minimum Gasteiger partial charge on any atom is -0.380 e. The Labute approximate surface area is 201 Å². The molecule has 1 aromatic carbocycles. The third-order valence-electron chi connectivity index (χ3n) is 6.15. The van der Waals surface area contributed by atoms with E-state index in [0.717, 1.165) is 36.2 Å². The van der Waals surface area contributed by atoms with Gasteiger partial charge in [0.05, 0.1) is 12.8 Å². The van der Waals surface area contributed by atoms with Gasteiger partial charge in [0.25, 0.3) is 5.91 Å². The first kappa shape index (κ1) is 23.7. The van der Waals surface area contributed by atoms with Gasteiger partial charge in [-0.15, -0.1) is 0 Å². The highest BCUT2D eigenvalue weighted by molar-refractivity contribution is 9.10. The van der Waals surface area contributed by atoms with E-state index in [2.05, 4.69) is 36.0 Å². The zero-order valence-corrected chi connectivity index (χ0v) is 20.4. The van der Waals surface area contributed by atoms with E-state index < -0.39 is 23.8 Å². The highest BCUT2D eigenvalue weighted by Crippen LogP contribution is 2.38. The lowest BCUT2D eigenvalue weighted by Gasteiger charge is -2.34. The van der Waals surface area contributed by atoms with Crippen LogP contribution in [-0.2, 0) is 21.3 Å². The Kier molecular flexibility index (Phi) is 6.75. The molecule has 0 saturated carbocycles. The highest BCUT2D eigenvalue weighted by Gasteiger charge is 2.47. The third kappa shape index (κ3) is 5.05.